The lowest BCUT2D eigenvalue weighted by Crippen LogP contribution is -2.36. The van der Waals surface area contributed by atoms with Crippen LogP contribution in [0.5, 0.6) is 0 Å². The maximum Gasteiger partial charge on any atom is 0.416 e. The Morgan fingerprint density at radius 2 is 1.47 bits per heavy atom. The van der Waals surface area contributed by atoms with Gasteiger partial charge in [0.1, 0.15) is 0 Å². The monoisotopic (exact) mass is 492 g/mol. The molecule has 34 heavy (non-hydrogen) atoms. The van der Waals surface area contributed by atoms with Gasteiger partial charge in [0, 0.05) is 41.1 Å². The van der Waals surface area contributed by atoms with E-state index in [1.54, 1.807) is 12.1 Å². The fourth-order valence-corrected chi connectivity index (χ4v) is 6.39. The summed E-state index contributed by atoms with van der Waals surface area (Å²) in [5.74, 6) is 0. The molecule has 0 amide bonds. The van der Waals surface area contributed by atoms with Gasteiger partial charge in [-0.1, -0.05) is 36.4 Å². The van der Waals surface area contributed by atoms with Crippen molar-refractivity contribution in [2.45, 2.75) is 81.7 Å². The molecule has 2 aliphatic heterocycles. The van der Waals surface area contributed by atoms with Gasteiger partial charge in [0.2, 0.25) is 0 Å². The number of hydrogen-bond donors (Lipinski definition) is 0. The Bertz CT molecular complexity index is 951. The van der Waals surface area contributed by atoms with Gasteiger partial charge in [0.25, 0.3) is 0 Å². The Hall–Kier alpha value is -1.54. The third kappa shape index (κ3) is 5.64. The fourth-order valence-electron chi connectivity index (χ4n) is 5.56. The zero-order chi connectivity index (χ0) is 24.3. The van der Waals surface area contributed by atoms with E-state index in [-0.39, 0.29) is 12.1 Å². The summed E-state index contributed by atoms with van der Waals surface area (Å²) in [6, 6.07) is 15.1. The zero-order valence-electron chi connectivity index (χ0n) is 20.2. The molecule has 0 aromatic heterocycles. The highest BCUT2D eigenvalue weighted by molar-refractivity contribution is 7.94. The van der Waals surface area contributed by atoms with E-state index in [0.717, 1.165) is 37.2 Å². The highest BCUT2D eigenvalue weighted by Crippen LogP contribution is 2.42. The Balaban J connectivity index is 1.41. The number of nitrogens with zero attached hydrogens (tertiary/aromatic N) is 2. The second kappa shape index (κ2) is 11.0. The molecule has 0 N–H and O–H groups in total. The first kappa shape index (κ1) is 25.5. The van der Waals surface area contributed by atoms with Gasteiger partial charge in [-0.2, -0.15) is 13.2 Å². The van der Waals surface area contributed by atoms with E-state index >= 15 is 0 Å². The molecule has 0 saturated carbocycles. The maximum atomic E-state index is 13.6. The van der Waals surface area contributed by atoms with Crippen LogP contribution in [0.2, 0.25) is 0 Å². The minimum absolute atomic E-state index is 0.0205. The van der Waals surface area contributed by atoms with Gasteiger partial charge in [-0.3, -0.25) is 9.80 Å². The quantitative estimate of drug-likeness (QED) is 0.354. The van der Waals surface area contributed by atoms with Crippen LogP contribution < -0.4 is 0 Å². The Morgan fingerprint density at radius 1 is 0.882 bits per heavy atom. The van der Waals surface area contributed by atoms with Crippen LogP contribution in [0.1, 0.15) is 75.2 Å². The lowest BCUT2D eigenvalue weighted by Gasteiger charge is -2.32. The molecular weight excluding hydrogens is 457 g/mol. The number of likely N-dealkylation sites (tertiary alicyclic amines) is 2. The molecule has 0 aliphatic carbocycles. The number of rotatable bonds is 8. The molecule has 3 unspecified atom stereocenters. The molecule has 2 aliphatic rings. The normalized spacial score (nSPS) is 23.1. The Labute approximate surface area is 205 Å². The van der Waals surface area contributed by atoms with Gasteiger partial charge in [-0.25, -0.2) is 0 Å². The highest BCUT2D eigenvalue weighted by atomic mass is 32.2. The van der Waals surface area contributed by atoms with E-state index in [1.807, 2.05) is 6.07 Å². The van der Waals surface area contributed by atoms with Gasteiger partial charge in [-0.05, 0) is 82.8 Å². The standard InChI is InChI=1S/C27H35F3N2OS/c1-19(2)31-16-8-14-25(31)22-11-5-7-15-26(22)34-33-18-20(3)32-17-9-13-24(32)21-10-4-6-12-23(21)27(28,29)30/h4-7,10-12,15,19-20,24-25H,8-9,13-14,16-18H2,1-3H3. The van der Waals surface area contributed by atoms with Crippen LogP contribution in [-0.4, -0.2) is 41.6 Å². The number of hydrogen-bond acceptors (Lipinski definition) is 4. The molecule has 3 nitrogen and oxygen atoms in total. The second-order valence-electron chi connectivity index (χ2n) is 9.73. The Kier molecular flexibility index (Phi) is 8.28. The summed E-state index contributed by atoms with van der Waals surface area (Å²) in [6.45, 7) is 8.91. The Morgan fingerprint density at radius 3 is 2.15 bits per heavy atom. The van der Waals surface area contributed by atoms with Crippen LogP contribution in [0.4, 0.5) is 13.2 Å². The first-order valence-corrected chi connectivity index (χ1v) is 13.1. The molecule has 7 heteroatoms. The van der Waals surface area contributed by atoms with E-state index in [9.17, 15) is 13.2 Å². The minimum atomic E-state index is -4.34. The summed E-state index contributed by atoms with van der Waals surface area (Å²) in [7, 11) is 0. The smallest absolute Gasteiger partial charge is 0.309 e. The van der Waals surface area contributed by atoms with Crippen molar-refractivity contribution in [3.8, 4) is 0 Å². The van der Waals surface area contributed by atoms with Crippen molar-refractivity contribution < 1.29 is 17.4 Å². The van der Waals surface area contributed by atoms with Crippen molar-refractivity contribution in [3.05, 3.63) is 65.2 Å². The summed E-state index contributed by atoms with van der Waals surface area (Å²) < 4.78 is 46.9. The molecule has 3 atom stereocenters. The molecule has 186 valence electrons. The van der Waals surface area contributed by atoms with Crippen LogP contribution in [-0.2, 0) is 10.4 Å². The molecule has 2 saturated heterocycles. The molecule has 2 aromatic carbocycles. The van der Waals surface area contributed by atoms with Crippen molar-refractivity contribution in [1.29, 1.82) is 0 Å². The molecule has 2 aromatic rings. The SMILES string of the molecule is CC(C)N1CCCC1c1ccccc1SOCC(C)N1CCCC1c1ccccc1C(F)(F)F. The molecule has 4 rings (SSSR count). The number of halogens is 3. The van der Waals surface area contributed by atoms with Crippen molar-refractivity contribution in [1.82, 2.24) is 9.80 Å². The third-order valence-corrected chi connectivity index (χ3v) is 7.98. The van der Waals surface area contributed by atoms with Crippen LogP contribution in [0.3, 0.4) is 0 Å². The first-order chi connectivity index (χ1) is 16.3. The molecule has 0 bridgehead atoms. The van der Waals surface area contributed by atoms with E-state index in [0.29, 0.717) is 24.3 Å². The van der Waals surface area contributed by atoms with Gasteiger partial charge in [-0.15, -0.1) is 0 Å². The first-order valence-electron chi connectivity index (χ1n) is 12.3. The van der Waals surface area contributed by atoms with Crippen LogP contribution >= 0.6 is 12.0 Å². The predicted octanol–water partition coefficient (Wildman–Crippen LogP) is 7.50. The fraction of sp³-hybridized carbons (Fsp3) is 0.556. The molecule has 2 heterocycles. The number of alkyl halides is 3. The minimum Gasteiger partial charge on any atom is -0.309 e. The average molecular weight is 493 g/mol. The summed E-state index contributed by atoms with van der Waals surface area (Å²) in [5, 5.41) is 0. The molecule has 0 spiro atoms. The van der Waals surface area contributed by atoms with Gasteiger partial charge in [0.05, 0.1) is 12.2 Å². The zero-order valence-corrected chi connectivity index (χ0v) is 21.0. The van der Waals surface area contributed by atoms with Crippen molar-refractivity contribution in [2.75, 3.05) is 19.7 Å². The van der Waals surface area contributed by atoms with E-state index in [2.05, 4.69) is 48.8 Å². The summed E-state index contributed by atoms with van der Waals surface area (Å²) >= 11 is 1.41. The highest BCUT2D eigenvalue weighted by Gasteiger charge is 2.38. The van der Waals surface area contributed by atoms with E-state index in [1.165, 1.54) is 36.2 Å². The number of benzene rings is 2. The van der Waals surface area contributed by atoms with Crippen LogP contribution in [0, 0.1) is 0 Å². The van der Waals surface area contributed by atoms with E-state index in [4.69, 9.17) is 4.18 Å². The lowest BCUT2D eigenvalue weighted by atomic mass is 9.97. The summed E-state index contributed by atoms with van der Waals surface area (Å²) in [4.78, 5) is 5.86. The molecular formula is C27H35F3N2OS. The second-order valence-corrected chi connectivity index (χ2v) is 10.6. The van der Waals surface area contributed by atoms with Crippen molar-refractivity contribution in [2.24, 2.45) is 0 Å². The van der Waals surface area contributed by atoms with Crippen LogP contribution in [0.25, 0.3) is 0 Å². The topological polar surface area (TPSA) is 15.7 Å². The van der Waals surface area contributed by atoms with Gasteiger partial charge >= 0.3 is 6.18 Å². The predicted molar refractivity (Wildman–Crippen MR) is 132 cm³/mol. The average Bonchev–Trinajstić information content (AvgIpc) is 3.49. The van der Waals surface area contributed by atoms with E-state index < -0.39 is 11.7 Å². The van der Waals surface area contributed by atoms with Crippen molar-refractivity contribution >= 4 is 12.0 Å². The van der Waals surface area contributed by atoms with Gasteiger partial charge < -0.3 is 4.18 Å². The lowest BCUT2D eigenvalue weighted by molar-refractivity contribution is -0.138. The third-order valence-electron chi connectivity index (χ3n) is 7.18. The van der Waals surface area contributed by atoms with Crippen LogP contribution in [0.15, 0.2) is 53.4 Å². The van der Waals surface area contributed by atoms with Crippen molar-refractivity contribution in [3.63, 3.8) is 0 Å². The summed E-state index contributed by atoms with van der Waals surface area (Å²) in [5.41, 5.74) is 1.17. The largest absolute Gasteiger partial charge is 0.416 e. The molecule has 0 radical (unpaired) electrons. The summed E-state index contributed by atoms with van der Waals surface area (Å²) in [6.07, 6.45) is -0.353. The molecule has 2 fully saturated rings. The van der Waals surface area contributed by atoms with Gasteiger partial charge in [0.15, 0.2) is 0 Å². The maximum absolute atomic E-state index is 13.6.